The van der Waals surface area contributed by atoms with E-state index in [0.717, 1.165) is 44.3 Å². The molecule has 0 unspecified atom stereocenters. The lowest BCUT2D eigenvalue weighted by Crippen LogP contribution is -2.28. The van der Waals surface area contributed by atoms with E-state index in [2.05, 4.69) is 244 Å². The first kappa shape index (κ1) is 42.3. The Kier molecular flexibility index (Phi) is 9.15. The first-order valence-corrected chi connectivity index (χ1v) is 25.9. The molecule has 0 atom stereocenters. The van der Waals surface area contributed by atoms with E-state index in [4.69, 9.17) is 15.0 Å². The Morgan fingerprint density at radius 3 is 1.11 bits per heavy atom. The Morgan fingerprint density at radius 1 is 0.263 bits per heavy atom. The molecule has 15 aromatic rings. The second-order valence-corrected chi connectivity index (χ2v) is 19.9. The summed E-state index contributed by atoms with van der Waals surface area (Å²) >= 11 is 0. The molecule has 1 aliphatic rings. The molecule has 1 aliphatic carbocycles. The van der Waals surface area contributed by atoms with E-state index in [0.29, 0.717) is 17.6 Å². The van der Waals surface area contributed by atoms with Crippen LogP contribution in [0.25, 0.3) is 117 Å². The minimum atomic E-state index is -0.712. The summed E-state index contributed by atoms with van der Waals surface area (Å²) in [5.41, 5.74) is 17.4. The monoisotopic (exact) mass is 968 g/mol. The maximum Gasteiger partial charge on any atom is 0.238 e. The van der Waals surface area contributed by atoms with Crippen LogP contribution in [0.5, 0.6) is 0 Å². The van der Waals surface area contributed by atoms with Crippen molar-refractivity contribution in [1.29, 1.82) is 0 Å². The number of benzene rings is 11. The smallest absolute Gasteiger partial charge is 0.238 e. The highest BCUT2D eigenvalue weighted by molar-refractivity contribution is 6.13. The van der Waals surface area contributed by atoms with Crippen molar-refractivity contribution in [3.63, 3.8) is 0 Å². The fraction of sp³-hybridized carbons (Fsp3) is 0.0143. The van der Waals surface area contributed by atoms with Crippen molar-refractivity contribution in [2.75, 3.05) is 0 Å². The lowest BCUT2D eigenvalue weighted by Gasteiger charge is -2.34. The number of rotatable bonds is 7. The maximum absolute atomic E-state index is 5.30. The van der Waals surface area contributed by atoms with Crippen molar-refractivity contribution in [3.8, 4) is 51.2 Å². The van der Waals surface area contributed by atoms with Crippen LogP contribution in [-0.2, 0) is 5.41 Å². The normalized spacial score (nSPS) is 12.8. The highest BCUT2D eigenvalue weighted by atomic mass is 15.2. The molecule has 0 N–H and O–H groups in total. The Hall–Kier alpha value is -10.2. The minimum Gasteiger partial charge on any atom is -0.309 e. The highest BCUT2D eigenvalue weighted by Crippen LogP contribution is 2.58. The Labute approximate surface area is 437 Å². The summed E-state index contributed by atoms with van der Waals surface area (Å²) < 4.78 is 7.06. The van der Waals surface area contributed by atoms with Gasteiger partial charge in [0, 0.05) is 54.8 Å². The molecule has 6 heteroatoms. The fourth-order valence-corrected chi connectivity index (χ4v) is 12.8. The van der Waals surface area contributed by atoms with Gasteiger partial charge in [-0.15, -0.1) is 0 Å². The molecule has 4 aromatic heterocycles. The van der Waals surface area contributed by atoms with Crippen molar-refractivity contribution in [2.45, 2.75) is 5.41 Å². The average molecular weight is 969 g/mol. The lowest BCUT2D eigenvalue weighted by molar-refractivity contribution is 0.768. The van der Waals surface area contributed by atoms with Crippen LogP contribution in [0.3, 0.4) is 0 Å². The van der Waals surface area contributed by atoms with Crippen molar-refractivity contribution in [2.24, 2.45) is 0 Å². The molecule has 0 spiro atoms. The van der Waals surface area contributed by atoms with Crippen molar-refractivity contribution in [1.82, 2.24) is 28.7 Å². The van der Waals surface area contributed by atoms with Crippen LogP contribution in [0.2, 0.25) is 0 Å². The van der Waals surface area contributed by atoms with Gasteiger partial charge in [0.25, 0.3) is 0 Å². The summed E-state index contributed by atoms with van der Waals surface area (Å²) in [5, 5.41) is 7.22. The molecule has 16 rings (SSSR count). The van der Waals surface area contributed by atoms with Crippen LogP contribution in [0.4, 0.5) is 0 Å². The van der Waals surface area contributed by atoms with E-state index in [1.54, 1.807) is 0 Å². The van der Waals surface area contributed by atoms with Gasteiger partial charge in [-0.3, -0.25) is 4.57 Å². The van der Waals surface area contributed by atoms with Gasteiger partial charge in [-0.1, -0.05) is 200 Å². The highest BCUT2D eigenvalue weighted by Gasteiger charge is 2.47. The molecule has 11 aromatic carbocycles. The van der Waals surface area contributed by atoms with E-state index < -0.39 is 5.41 Å². The summed E-state index contributed by atoms with van der Waals surface area (Å²) in [6, 6.07) is 96.8. The van der Waals surface area contributed by atoms with E-state index in [1.807, 2.05) is 36.4 Å². The number of fused-ring (bicyclic) bond motifs is 12. The molecule has 0 amide bonds. The van der Waals surface area contributed by atoms with Gasteiger partial charge < -0.3 is 9.13 Å². The molecular weight excluding hydrogens is 925 g/mol. The fourth-order valence-electron chi connectivity index (χ4n) is 12.8. The van der Waals surface area contributed by atoms with Crippen molar-refractivity contribution < 1.29 is 0 Å². The third-order valence-corrected chi connectivity index (χ3v) is 16.0. The molecule has 4 heterocycles. The molecular formula is C70H44N6. The van der Waals surface area contributed by atoms with Gasteiger partial charge >= 0.3 is 0 Å². The van der Waals surface area contributed by atoms with E-state index in [1.165, 1.54) is 77.0 Å². The number of hydrogen-bond donors (Lipinski definition) is 0. The van der Waals surface area contributed by atoms with Gasteiger partial charge in [-0.05, 0) is 100 Å². The van der Waals surface area contributed by atoms with Gasteiger partial charge in [0.05, 0.1) is 38.5 Å². The Balaban J connectivity index is 0.961. The molecule has 0 aliphatic heterocycles. The Morgan fingerprint density at radius 2 is 0.645 bits per heavy atom. The molecule has 0 saturated carbocycles. The predicted molar refractivity (Wildman–Crippen MR) is 311 cm³/mol. The molecule has 6 nitrogen and oxygen atoms in total. The zero-order chi connectivity index (χ0) is 49.9. The molecule has 76 heavy (non-hydrogen) atoms. The van der Waals surface area contributed by atoms with Crippen LogP contribution in [0.15, 0.2) is 267 Å². The van der Waals surface area contributed by atoms with Crippen molar-refractivity contribution >= 4 is 65.4 Å². The summed E-state index contributed by atoms with van der Waals surface area (Å²) in [7, 11) is 0. The number of nitrogens with zero attached hydrogens (tertiary/aromatic N) is 6. The third kappa shape index (κ3) is 6.06. The lowest BCUT2D eigenvalue weighted by atomic mass is 9.67. The first-order chi connectivity index (χ1) is 37.7. The predicted octanol–water partition coefficient (Wildman–Crippen LogP) is 16.9. The minimum absolute atomic E-state index is 0.567. The molecule has 0 bridgehead atoms. The summed E-state index contributed by atoms with van der Waals surface area (Å²) in [6.45, 7) is 0. The van der Waals surface area contributed by atoms with Gasteiger partial charge in [-0.25, -0.2) is 4.98 Å². The molecule has 0 fully saturated rings. The third-order valence-electron chi connectivity index (χ3n) is 16.0. The molecule has 354 valence electrons. The van der Waals surface area contributed by atoms with Gasteiger partial charge in [0.15, 0.2) is 11.6 Å². The van der Waals surface area contributed by atoms with Crippen molar-refractivity contribution in [3.05, 3.63) is 289 Å². The number of hydrogen-bond acceptors (Lipinski definition) is 3. The quantitative estimate of drug-likeness (QED) is 0.160. The summed E-state index contributed by atoms with van der Waals surface area (Å²) in [4.78, 5) is 15.7. The standard InChI is InChI=1S/C70H44N6/c1-3-19-45(20-4-1)67-71-68(46-21-5-2-6-22-46)73-69(72-67)76-65-34-18-12-28-56(65)58-43-60-57(44-66(58)76)51-23-7-13-29-59(51)70(60,47-35-39-49(40-36-47)74-61-30-14-8-24-52(61)53-25-9-15-31-62(53)74)48-37-41-50(42-38-48)75-63-32-16-10-26-54(63)55-27-11-17-33-64(55)75/h1-44H. The van der Waals surface area contributed by atoms with Crippen LogP contribution < -0.4 is 0 Å². The van der Waals surface area contributed by atoms with Crippen LogP contribution in [-0.4, -0.2) is 28.7 Å². The van der Waals surface area contributed by atoms with E-state index in [9.17, 15) is 0 Å². The summed E-state index contributed by atoms with van der Waals surface area (Å²) in [5.74, 6) is 1.81. The molecule has 0 radical (unpaired) electrons. The average Bonchev–Trinajstić information content (AvgIpc) is 4.38. The van der Waals surface area contributed by atoms with Gasteiger partial charge in [0.1, 0.15) is 0 Å². The number of aromatic nitrogens is 6. The topological polar surface area (TPSA) is 53.5 Å². The zero-order valence-corrected chi connectivity index (χ0v) is 41.1. The largest absolute Gasteiger partial charge is 0.309 e. The zero-order valence-electron chi connectivity index (χ0n) is 41.1. The van der Waals surface area contributed by atoms with Gasteiger partial charge in [-0.2, -0.15) is 9.97 Å². The van der Waals surface area contributed by atoms with E-state index >= 15 is 0 Å². The maximum atomic E-state index is 5.30. The Bertz CT molecular complexity index is 4470. The van der Waals surface area contributed by atoms with E-state index in [-0.39, 0.29) is 0 Å². The second-order valence-electron chi connectivity index (χ2n) is 19.9. The number of para-hydroxylation sites is 5. The first-order valence-electron chi connectivity index (χ1n) is 25.9. The van der Waals surface area contributed by atoms with Crippen LogP contribution in [0.1, 0.15) is 22.3 Å². The summed E-state index contributed by atoms with van der Waals surface area (Å²) in [6.07, 6.45) is 0. The molecule has 0 saturated heterocycles. The second kappa shape index (κ2) is 16.4. The SMILES string of the molecule is c1ccc(-c2nc(-c3ccccc3)nc(-n3c4ccccc4c4cc5c(cc43)-c3ccccc3C5(c3ccc(-n4c5ccccc5c5ccccc54)cc3)c3ccc(-n4c5ccccc5c5ccccc54)cc3)n2)cc1. The van der Waals surface area contributed by atoms with Crippen LogP contribution in [0, 0.1) is 0 Å². The van der Waals surface area contributed by atoms with Gasteiger partial charge in [0.2, 0.25) is 5.95 Å². The van der Waals surface area contributed by atoms with Crippen LogP contribution >= 0.6 is 0 Å².